The molecule has 0 fully saturated rings. The van der Waals surface area contributed by atoms with Crippen LogP contribution in [0.25, 0.3) is 0 Å². The molecule has 0 amide bonds. The summed E-state index contributed by atoms with van der Waals surface area (Å²) in [5, 5.41) is 13.7. The number of hydrogen-bond acceptors (Lipinski definition) is 4. The Morgan fingerprint density at radius 3 is 1.97 bits per heavy atom. The number of para-hydroxylation sites is 2. The first kappa shape index (κ1) is 25.8. The van der Waals surface area contributed by atoms with Gasteiger partial charge in [-0.3, -0.25) is 4.79 Å². The number of carbonyl (C=O) groups excluding carboxylic acids is 2. The third-order valence-electron chi connectivity index (χ3n) is 6.08. The molecule has 33 heavy (non-hydrogen) atoms. The lowest BCUT2D eigenvalue weighted by Gasteiger charge is -2.35. The highest BCUT2D eigenvalue weighted by Crippen LogP contribution is 2.28. The molecule has 0 spiro atoms. The minimum absolute atomic E-state index is 0.220. The van der Waals surface area contributed by atoms with Gasteiger partial charge in [-0.2, -0.15) is 0 Å². The summed E-state index contributed by atoms with van der Waals surface area (Å²) in [5.41, 5.74) is 6.26. The van der Waals surface area contributed by atoms with Gasteiger partial charge in [-0.15, -0.1) is 0 Å². The molecule has 0 aliphatic rings. The van der Waals surface area contributed by atoms with Gasteiger partial charge in [0.15, 0.2) is 6.29 Å². The van der Waals surface area contributed by atoms with E-state index in [2.05, 4.69) is 75.5 Å². The standard InChI is InChI=1S/C21H29N2O.C7H6O2/c1-5-23(6-2,14-15-24)16-19-12-7-8-13-20(19)22-21-17(3)10-9-11-18(21)4;8-7(9)6-4-2-1-3-5-6/h7-13,15,22H,5-6,14,16H2,1-4H3;1-5H,(H,8,9)/q+1;/p-1. The third-order valence-corrected chi connectivity index (χ3v) is 6.08. The van der Waals surface area contributed by atoms with E-state index in [9.17, 15) is 14.7 Å². The van der Waals surface area contributed by atoms with Crippen molar-refractivity contribution in [3.63, 3.8) is 0 Å². The fraction of sp³-hybridized carbons (Fsp3) is 0.286. The number of quaternary nitrogens is 1. The Hall–Kier alpha value is -3.44. The molecule has 0 atom stereocenters. The highest BCUT2D eigenvalue weighted by Gasteiger charge is 2.24. The number of aryl methyl sites for hydroxylation is 2. The summed E-state index contributed by atoms with van der Waals surface area (Å²) in [6, 6.07) is 22.8. The number of likely N-dealkylation sites (N-methyl/N-ethyl adjacent to an activating group) is 1. The predicted molar refractivity (Wildman–Crippen MR) is 132 cm³/mol. The minimum Gasteiger partial charge on any atom is -0.545 e. The quantitative estimate of drug-likeness (QED) is 0.384. The van der Waals surface area contributed by atoms with Crippen LogP contribution in [0.4, 0.5) is 11.4 Å². The predicted octanol–water partition coefficient (Wildman–Crippen LogP) is 4.65. The van der Waals surface area contributed by atoms with Gasteiger partial charge in [0.25, 0.3) is 0 Å². The molecule has 1 N–H and O–H groups in total. The first-order valence-corrected chi connectivity index (χ1v) is 11.3. The van der Waals surface area contributed by atoms with E-state index in [0.717, 1.165) is 36.1 Å². The number of aldehydes is 1. The van der Waals surface area contributed by atoms with Crippen LogP contribution in [0, 0.1) is 13.8 Å². The lowest BCUT2D eigenvalue weighted by atomic mass is 10.1. The number of rotatable bonds is 9. The second kappa shape index (κ2) is 12.6. The molecule has 0 radical (unpaired) electrons. The number of nitrogens with zero attached hydrogens (tertiary/aromatic N) is 1. The maximum Gasteiger partial charge on any atom is 0.174 e. The van der Waals surface area contributed by atoms with Gasteiger partial charge in [0.1, 0.15) is 13.1 Å². The van der Waals surface area contributed by atoms with Crippen LogP contribution in [-0.2, 0) is 11.3 Å². The molecular weight excluding hydrogens is 412 g/mol. The lowest BCUT2D eigenvalue weighted by molar-refractivity contribution is -0.929. The summed E-state index contributed by atoms with van der Waals surface area (Å²) >= 11 is 0. The van der Waals surface area contributed by atoms with E-state index in [1.165, 1.54) is 34.5 Å². The summed E-state index contributed by atoms with van der Waals surface area (Å²) in [6.45, 7) is 11.9. The van der Waals surface area contributed by atoms with Gasteiger partial charge in [0, 0.05) is 16.9 Å². The van der Waals surface area contributed by atoms with Crippen molar-refractivity contribution < 1.29 is 19.2 Å². The number of carboxylic acids is 1. The fourth-order valence-corrected chi connectivity index (χ4v) is 3.79. The van der Waals surface area contributed by atoms with Crippen LogP contribution in [0.5, 0.6) is 0 Å². The molecule has 0 saturated carbocycles. The lowest BCUT2D eigenvalue weighted by Crippen LogP contribution is -2.48. The minimum atomic E-state index is -1.13. The zero-order valence-corrected chi connectivity index (χ0v) is 20.0. The Balaban J connectivity index is 0.000000357. The molecule has 0 saturated heterocycles. The monoisotopic (exact) mass is 446 g/mol. The van der Waals surface area contributed by atoms with Gasteiger partial charge in [-0.1, -0.05) is 66.7 Å². The van der Waals surface area contributed by atoms with Gasteiger partial charge in [-0.25, -0.2) is 0 Å². The average Bonchev–Trinajstić information content (AvgIpc) is 2.83. The van der Waals surface area contributed by atoms with E-state index in [1.807, 2.05) is 0 Å². The molecule has 0 aromatic heterocycles. The summed E-state index contributed by atoms with van der Waals surface area (Å²) in [4.78, 5) is 21.3. The Labute approximate surface area is 197 Å². The molecule has 0 bridgehead atoms. The number of aromatic carboxylic acids is 1. The molecule has 5 heteroatoms. The Kier molecular flexibility index (Phi) is 9.83. The molecule has 5 nitrogen and oxygen atoms in total. The maximum atomic E-state index is 11.2. The van der Waals surface area contributed by atoms with Crippen LogP contribution in [-0.4, -0.2) is 36.4 Å². The van der Waals surface area contributed by atoms with Crippen molar-refractivity contribution in [1.82, 2.24) is 0 Å². The zero-order chi connectivity index (χ0) is 24.3. The van der Waals surface area contributed by atoms with Gasteiger partial charge in [0.05, 0.1) is 19.1 Å². The first-order chi connectivity index (χ1) is 15.9. The summed E-state index contributed by atoms with van der Waals surface area (Å²) in [7, 11) is 0. The van der Waals surface area contributed by atoms with E-state index in [1.54, 1.807) is 18.2 Å². The van der Waals surface area contributed by atoms with Crippen molar-refractivity contribution in [1.29, 1.82) is 0 Å². The van der Waals surface area contributed by atoms with Gasteiger partial charge in [0.2, 0.25) is 0 Å². The van der Waals surface area contributed by atoms with Crippen LogP contribution in [0.15, 0.2) is 72.8 Å². The molecule has 0 aliphatic carbocycles. The van der Waals surface area contributed by atoms with Crippen molar-refractivity contribution in [3.05, 3.63) is 95.1 Å². The van der Waals surface area contributed by atoms with E-state index >= 15 is 0 Å². The topological polar surface area (TPSA) is 69.2 Å². The fourth-order valence-electron chi connectivity index (χ4n) is 3.79. The Morgan fingerprint density at radius 2 is 1.45 bits per heavy atom. The number of carboxylic acid groups (broad SMARTS) is 1. The molecular formula is C28H34N2O3. The molecule has 3 aromatic rings. The van der Waals surface area contributed by atoms with Crippen LogP contribution < -0.4 is 10.4 Å². The number of carbonyl (C=O) groups is 2. The van der Waals surface area contributed by atoms with Crippen LogP contribution in [0.1, 0.15) is 40.9 Å². The van der Waals surface area contributed by atoms with Gasteiger partial charge in [-0.05, 0) is 50.5 Å². The molecule has 0 heterocycles. The molecule has 3 aromatic carbocycles. The number of hydrogen-bond donors (Lipinski definition) is 1. The second-order valence-corrected chi connectivity index (χ2v) is 8.18. The van der Waals surface area contributed by atoms with Gasteiger partial charge < -0.3 is 19.7 Å². The van der Waals surface area contributed by atoms with Crippen molar-refractivity contribution in [2.24, 2.45) is 0 Å². The normalized spacial score (nSPS) is 10.7. The third kappa shape index (κ3) is 7.29. The summed E-state index contributed by atoms with van der Waals surface area (Å²) in [5.74, 6) is -1.13. The second-order valence-electron chi connectivity index (χ2n) is 8.18. The first-order valence-electron chi connectivity index (χ1n) is 11.3. The molecule has 174 valence electrons. The highest BCUT2D eigenvalue weighted by molar-refractivity contribution is 5.85. The van der Waals surface area contributed by atoms with Crippen molar-refractivity contribution in [2.75, 3.05) is 25.0 Å². The number of anilines is 2. The summed E-state index contributed by atoms with van der Waals surface area (Å²) in [6.07, 6.45) is 1.05. The van der Waals surface area contributed by atoms with Crippen LogP contribution in [0.2, 0.25) is 0 Å². The molecule has 3 rings (SSSR count). The number of benzene rings is 3. The largest absolute Gasteiger partial charge is 0.545 e. The highest BCUT2D eigenvalue weighted by atomic mass is 16.4. The van der Waals surface area contributed by atoms with Crippen molar-refractivity contribution in [2.45, 2.75) is 34.2 Å². The Morgan fingerprint density at radius 1 is 0.879 bits per heavy atom. The van der Waals surface area contributed by atoms with Crippen LogP contribution >= 0.6 is 0 Å². The molecule has 0 unspecified atom stereocenters. The van der Waals surface area contributed by atoms with E-state index in [0.29, 0.717) is 6.54 Å². The SMILES string of the molecule is CC[N+](CC)(CC=O)Cc1ccccc1Nc1c(C)cccc1C.O=C([O-])c1ccccc1. The van der Waals surface area contributed by atoms with E-state index in [-0.39, 0.29) is 5.56 Å². The number of nitrogens with one attached hydrogen (secondary N) is 1. The van der Waals surface area contributed by atoms with Crippen LogP contribution in [0.3, 0.4) is 0 Å². The average molecular weight is 447 g/mol. The van der Waals surface area contributed by atoms with Crippen molar-refractivity contribution in [3.8, 4) is 0 Å². The zero-order valence-electron chi connectivity index (χ0n) is 20.0. The maximum absolute atomic E-state index is 11.2. The summed E-state index contributed by atoms with van der Waals surface area (Å²) < 4.78 is 0.787. The van der Waals surface area contributed by atoms with E-state index < -0.39 is 5.97 Å². The molecule has 0 aliphatic heterocycles. The Bertz CT molecular complexity index is 1020. The smallest absolute Gasteiger partial charge is 0.174 e. The van der Waals surface area contributed by atoms with Gasteiger partial charge >= 0.3 is 0 Å². The van der Waals surface area contributed by atoms with E-state index in [4.69, 9.17) is 0 Å². The van der Waals surface area contributed by atoms with Crippen molar-refractivity contribution >= 4 is 23.6 Å².